The molecule has 29 heavy (non-hydrogen) atoms. The molecule has 1 aliphatic rings. The minimum absolute atomic E-state index is 0.00282. The molecule has 0 aliphatic carbocycles. The van der Waals surface area contributed by atoms with Crippen molar-refractivity contribution in [3.05, 3.63) is 24.3 Å². The van der Waals surface area contributed by atoms with E-state index < -0.39 is 43.1 Å². The monoisotopic (exact) mass is 408 g/mol. The van der Waals surface area contributed by atoms with Gasteiger partial charge in [-0.05, 0) is 18.2 Å². The van der Waals surface area contributed by atoms with Crippen molar-refractivity contribution in [2.24, 2.45) is 0 Å². The Hall–Kier alpha value is -2.76. The Labute approximate surface area is 163 Å². The molecule has 1 aromatic heterocycles. The molecule has 5 atom stereocenters. The number of aliphatic hydroxyl groups excluding tert-OH is 4. The molecule has 10 nitrogen and oxygen atoms in total. The Morgan fingerprint density at radius 1 is 1.07 bits per heavy atom. The zero-order chi connectivity index (χ0) is 20.9. The molecule has 1 saturated heterocycles. The summed E-state index contributed by atoms with van der Waals surface area (Å²) in [6.07, 6.45) is -7.65. The molecule has 0 radical (unpaired) electrons. The van der Waals surface area contributed by atoms with Crippen LogP contribution in [-0.2, 0) is 4.74 Å². The highest BCUT2D eigenvalue weighted by molar-refractivity contribution is 6.11. The van der Waals surface area contributed by atoms with Crippen LogP contribution in [0.15, 0.2) is 28.7 Å². The number of phenols is 2. The quantitative estimate of drug-likeness (QED) is 0.351. The van der Waals surface area contributed by atoms with Crippen LogP contribution in [0.3, 0.4) is 0 Å². The first kappa shape index (κ1) is 19.6. The van der Waals surface area contributed by atoms with Crippen LogP contribution in [0.25, 0.3) is 21.9 Å². The van der Waals surface area contributed by atoms with Crippen molar-refractivity contribution in [2.45, 2.75) is 30.7 Å². The van der Waals surface area contributed by atoms with E-state index in [0.717, 1.165) is 0 Å². The predicted octanol–water partition coefficient (Wildman–Crippen LogP) is 0.184. The average Bonchev–Trinajstić information content (AvgIpc) is 3.09. The van der Waals surface area contributed by atoms with Gasteiger partial charge in [0.05, 0.1) is 19.1 Å². The predicted molar refractivity (Wildman–Crippen MR) is 98.0 cm³/mol. The molecule has 1 fully saturated rings. The van der Waals surface area contributed by atoms with E-state index in [1.807, 2.05) is 0 Å². The first-order valence-corrected chi connectivity index (χ1v) is 8.78. The molecule has 3 aromatic rings. The van der Waals surface area contributed by atoms with E-state index in [4.69, 9.17) is 18.6 Å². The van der Waals surface area contributed by atoms with Gasteiger partial charge in [-0.25, -0.2) is 0 Å². The fraction of sp³-hybridized carbons (Fsp3) is 0.368. The van der Waals surface area contributed by atoms with Gasteiger partial charge in [-0.1, -0.05) is 6.07 Å². The number of hydrogen-bond donors (Lipinski definition) is 6. The van der Waals surface area contributed by atoms with E-state index in [-0.39, 0.29) is 22.8 Å². The standard InChI is InChI=1S/C19H20O10/c1-26-10-5-7-12-8(21)3-2-4-9(12)27-17(7)18(14(10)23)29-19-16(25)15(24)13(22)11(6-20)28-19/h2-5,11,13,15-16,19-25H,6H2,1H3. The Morgan fingerprint density at radius 2 is 1.83 bits per heavy atom. The average molecular weight is 408 g/mol. The van der Waals surface area contributed by atoms with Crippen molar-refractivity contribution in [3.8, 4) is 23.0 Å². The topological polar surface area (TPSA) is 162 Å². The van der Waals surface area contributed by atoms with E-state index in [1.54, 1.807) is 12.1 Å². The van der Waals surface area contributed by atoms with Crippen LogP contribution in [0, 0.1) is 0 Å². The molecule has 1 aliphatic heterocycles. The second-order valence-electron chi connectivity index (χ2n) is 6.70. The number of furan rings is 1. The summed E-state index contributed by atoms with van der Waals surface area (Å²) in [5, 5.41) is 61.0. The molecule has 156 valence electrons. The Bertz CT molecular complexity index is 1040. The highest BCUT2D eigenvalue weighted by atomic mass is 16.7. The van der Waals surface area contributed by atoms with Crippen LogP contribution in [0.5, 0.6) is 23.0 Å². The number of aliphatic hydroxyl groups is 4. The largest absolute Gasteiger partial charge is 0.507 e. The minimum Gasteiger partial charge on any atom is -0.507 e. The van der Waals surface area contributed by atoms with Gasteiger partial charge in [0.15, 0.2) is 11.3 Å². The lowest BCUT2D eigenvalue weighted by molar-refractivity contribution is -0.277. The summed E-state index contributed by atoms with van der Waals surface area (Å²) >= 11 is 0. The number of methoxy groups -OCH3 is 1. The summed E-state index contributed by atoms with van der Waals surface area (Å²) in [5.41, 5.74) is 0.350. The van der Waals surface area contributed by atoms with Gasteiger partial charge < -0.3 is 49.3 Å². The van der Waals surface area contributed by atoms with Gasteiger partial charge in [0, 0.05) is 5.39 Å². The van der Waals surface area contributed by atoms with E-state index >= 15 is 0 Å². The third kappa shape index (κ3) is 3.02. The van der Waals surface area contributed by atoms with E-state index in [9.17, 15) is 30.6 Å². The van der Waals surface area contributed by atoms with Gasteiger partial charge in [0.1, 0.15) is 35.7 Å². The van der Waals surface area contributed by atoms with Gasteiger partial charge in [-0.15, -0.1) is 0 Å². The number of ether oxygens (including phenoxy) is 3. The molecular formula is C19H20O10. The Kier molecular flexibility index (Phi) is 4.89. The molecule has 6 N–H and O–H groups in total. The highest BCUT2D eigenvalue weighted by Crippen LogP contribution is 2.48. The van der Waals surface area contributed by atoms with Crippen LogP contribution < -0.4 is 9.47 Å². The van der Waals surface area contributed by atoms with Crippen LogP contribution >= 0.6 is 0 Å². The van der Waals surface area contributed by atoms with E-state index in [2.05, 4.69) is 0 Å². The van der Waals surface area contributed by atoms with Crippen molar-refractivity contribution in [3.63, 3.8) is 0 Å². The lowest BCUT2D eigenvalue weighted by Crippen LogP contribution is -2.60. The third-order valence-electron chi connectivity index (χ3n) is 4.96. The van der Waals surface area contributed by atoms with E-state index in [1.165, 1.54) is 19.2 Å². The number of benzene rings is 2. The van der Waals surface area contributed by atoms with Gasteiger partial charge in [-0.3, -0.25) is 0 Å². The first-order chi connectivity index (χ1) is 13.9. The van der Waals surface area contributed by atoms with Crippen molar-refractivity contribution in [1.29, 1.82) is 0 Å². The van der Waals surface area contributed by atoms with Crippen molar-refractivity contribution in [2.75, 3.05) is 13.7 Å². The van der Waals surface area contributed by atoms with Crippen LogP contribution in [0.2, 0.25) is 0 Å². The van der Waals surface area contributed by atoms with Crippen LogP contribution in [0.1, 0.15) is 0 Å². The summed E-state index contributed by atoms with van der Waals surface area (Å²) in [7, 11) is 1.32. The molecular weight excluding hydrogens is 388 g/mol. The zero-order valence-electron chi connectivity index (χ0n) is 15.2. The smallest absolute Gasteiger partial charge is 0.229 e. The third-order valence-corrected chi connectivity index (χ3v) is 4.96. The molecule has 10 heteroatoms. The van der Waals surface area contributed by atoms with Crippen LogP contribution in [0.4, 0.5) is 0 Å². The number of aromatic hydroxyl groups is 2. The summed E-state index contributed by atoms with van der Waals surface area (Å²) in [6.45, 7) is -0.636. The number of hydrogen-bond acceptors (Lipinski definition) is 10. The zero-order valence-corrected chi connectivity index (χ0v) is 15.2. The second kappa shape index (κ2) is 7.25. The number of fused-ring (bicyclic) bond motifs is 3. The fourth-order valence-electron chi connectivity index (χ4n) is 3.42. The first-order valence-electron chi connectivity index (χ1n) is 8.78. The molecule has 0 bridgehead atoms. The number of rotatable bonds is 4. The summed E-state index contributed by atoms with van der Waals surface area (Å²) in [4.78, 5) is 0. The number of phenolic OH excluding ortho intramolecular Hbond substituents is 2. The van der Waals surface area contributed by atoms with Gasteiger partial charge in [-0.2, -0.15) is 0 Å². The maximum absolute atomic E-state index is 10.6. The minimum atomic E-state index is -1.69. The van der Waals surface area contributed by atoms with E-state index in [0.29, 0.717) is 16.4 Å². The lowest BCUT2D eigenvalue weighted by atomic mass is 9.99. The van der Waals surface area contributed by atoms with Gasteiger partial charge in [0.2, 0.25) is 17.8 Å². The summed E-state index contributed by atoms with van der Waals surface area (Å²) < 4.78 is 21.8. The maximum atomic E-state index is 10.6. The van der Waals surface area contributed by atoms with Gasteiger partial charge in [0.25, 0.3) is 0 Å². The molecule has 4 rings (SSSR count). The van der Waals surface area contributed by atoms with Crippen molar-refractivity contribution in [1.82, 2.24) is 0 Å². The highest BCUT2D eigenvalue weighted by Gasteiger charge is 2.45. The molecule has 0 amide bonds. The fourth-order valence-corrected chi connectivity index (χ4v) is 3.42. The second-order valence-corrected chi connectivity index (χ2v) is 6.70. The maximum Gasteiger partial charge on any atom is 0.229 e. The van der Waals surface area contributed by atoms with Crippen molar-refractivity contribution >= 4 is 21.9 Å². The lowest BCUT2D eigenvalue weighted by Gasteiger charge is -2.39. The summed E-state index contributed by atoms with van der Waals surface area (Å²) in [5.74, 6) is -0.786. The summed E-state index contributed by atoms with van der Waals surface area (Å²) in [6, 6.07) is 6.11. The molecule has 0 spiro atoms. The SMILES string of the molecule is COc1cc2c(oc3cccc(O)c32)c(OC2OC(CO)C(O)C(O)C2O)c1O. The molecule has 2 heterocycles. The Balaban J connectivity index is 1.85. The van der Waals surface area contributed by atoms with Crippen LogP contribution in [-0.4, -0.2) is 75.1 Å². The normalized spacial score (nSPS) is 27.4. The van der Waals surface area contributed by atoms with Gasteiger partial charge >= 0.3 is 0 Å². The van der Waals surface area contributed by atoms with Crippen molar-refractivity contribution < 1.29 is 49.3 Å². The molecule has 0 saturated carbocycles. The molecule has 2 aromatic carbocycles. The molecule has 5 unspecified atom stereocenters. The Morgan fingerprint density at radius 3 is 2.52 bits per heavy atom.